The second-order valence-electron chi connectivity index (χ2n) is 11.3. The molecule has 2 aromatic rings. The van der Waals surface area contributed by atoms with Crippen molar-refractivity contribution in [1.29, 1.82) is 0 Å². The van der Waals surface area contributed by atoms with Crippen LogP contribution >= 0.6 is 0 Å². The zero-order valence-electron chi connectivity index (χ0n) is 26.3. The Morgan fingerprint density at radius 2 is 1.61 bits per heavy atom. The second-order valence-corrected chi connectivity index (χ2v) is 11.3. The minimum Gasteiger partial charge on any atom is -0.497 e. The van der Waals surface area contributed by atoms with Crippen molar-refractivity contribution < 1.29 is 28.7 Å². The molecular formula is C33H45N5O6. The first-order valence-electron chi connectivity index (χ1n) is 15.2. The van der Waals surface area contributed by atoms with Crippen molar-refractivity contribution in [3.63, 3.8) is 0 Å². The largest absolute Gasteiger partial charge is 0.497 e. The van der Waals surface area contributed by atoms with Crippen LogP contribution in [0.25, 0.3) is 0 Å². The predicted octanol–water partition coefficient (Wildman–Crippen LogP) is 2.33. The number of fused-ring (bicyclic) bond motifs is 18. The summed E-state index contributed by atoms with van der Waals surface area (Å²) in [5.74, 6) is -1.46. The normalized spacial score (nSPS) is 21.7. The Labute approximate surface area is 259 Å². The number of amides is 5. The van der Waals surface area contributed by atoms with Gasteiger partial charge in [-0.3, -0.25) is 24.0 Å². The van der Waals surface area contributed by atoms with Gasteiger partial charge < -0.3 is 30.9 Å². The maximum atomic E-state index is 13.7. The van der Waals surface area contributed by atoms with E-state index < -0.39 is 35.8 Å². The van der Waals surface area contributed by atoms with E-state index in [0.717, 1.165) is 11.1 Å². The van der Waals surface area contributed by atoms with Crippen LogP contribution in [0.5, 0.6) is 5.75 Å². The molecule has 0 saturated heterocycles. The molecule has 0 fully saturated rings. The average Bonchev–Trinajstić information content (AvgIpc) is 3.01. The van der Waals surface area contributed by atoms with E-state index in [9.17, 15) is 24.0 Å². The number of rotatable bonds is 5. The van der Waals surface area contributed by atoms with Crippen LogP contribution in [0.15, 0.2) is 48.5 Å². The summed E-state index contributed by atoms with van der Waals surface area (Å²) in [6.07, 6.45) is 2.08. The number of benzene rings is 2. The molecule has 2 heterocycles. The van der Waals surface area contributed by atoms with Crippen molar-refractivity contribution in [2.45, 2.75) is 78.0 Å². The van der Waals surface area contributed by atoms with Crippen molar-refractivity contribution in [3.8, 4) is 5.75 Å². The summed E-state index contributed by atoms with van der Waals surface area (Å²) in [5.41, 5.74) is 2.02. The van der Waals surface area contributed by atoms with Gasteiger partial charge in [-0.25, -0.2) is 0 Å². The molecule has 0 saturated carbocycles. The van der Waals surface area contributed by atoms with E-state index in [-0.39, 0.29) is 24.2 Å². The Balaban J connectivity index is 1.91. The van der Waals surface area contributed by atoms with E-state index in [1.165, 1.54) is 6.92 Å². The standard InChI is InChI=1S/C33H45N5O6/c1-6-21(2)29-33(43)36-28(19-24-11-15-27(44-5)16-12-24)32(42)35-22(3)30(40)34-17-7-8-18-38(23(4)39)20-25-9-13-26(14-10-25)31(41)37-29/h9-16,21-22,28-29H,6-8,17-20H2,1-5H3,(H,34,40)(H,35,42)(H,36,43)(H,37,41)/t21-,22+,28-,29?/m0/s1. The number of carbonyl (C=O) groups excluding carboxylic acids is 5. The average molecular weight is 608 g/mol. The zero-order chi connectivity index (χ0) is 32.2. The molecular weight excluding hydrogens is 562 g/mol. The zero-order valence-corrected chi connectivity index (χ0v) is 26.3. The molecule has 0 spiro atoms. The molecule has 0 radical (unpaired) electrons. The lowest BCUT2D eigenvalue weighted by molar-refractivity contribution is -0.132. The van der Waals surface area contributed by atoms with E-state index >= 15 is 0 Å². The Morgan fingerprint density at radius 3 is 2.23 bits per heavy atom. The second kappa shape index (κ2) is 16.4. The van der Waals surface area contributed by atoms with Crippen LogP contribution in [-0.4, -0.2) is 72.8 Å². The molecule has 4 N–H and O–H groups in total. The Kier molecular flexibility index (Phi) is 12.7. The van der Waals surface area contributed by atoms with E-state index in [1.807, 2.05) is 13.8 Å². The third-order valence-electron chi connectivity index (χ3n) is 7.95. The van der Waals surface area contributed by atoms with E-state index in [0.29, 0.717) is 50.2 Å². The summed E-state index contributed by atoms with van der Waals surface area (Å²) >= 11 is 0. The van der Waals surface area contributed by atoms with Gasteiger partial charge >= 0.3 is 0 Å². The first-order chi connectivity index (χ1) is 21.0. The molecule has 5 amide bonds. The smallest absolute Gasteiger partial charge is 0.251 e. The van der Waals surface area contributed by atoms with Gasteiger partial charge in [-0.15, -0.1) is 0 Å². The van der Waals surface area contributed by atoms with Gasteiger partial charge in [0.15, 0.2) is 0 Å². The Hall–Kier alpha value is -4.41. The summed E-state index contributed by atoms with van der Waals surface area (Å²) in [6.45, 7) is 8.15. The molecule has 4 atom stereocenters. The maximum absolute atomic E-state index is 13.7. The summed E-state index contributed by atoms with van der Waals surface area (Å²) in [6, 6.07) is 11.3. The quantitative estimate of drug-likeness (QED) is 0.384. The van der Waals surface area contributed by atoms with Crippen LogP contribution < -0.4 is 26.0 Å². The molecule has 2 bridgehead atoms. The molecule has 44 heavy (non-hydrogen) atoms. The lowest BCUT2D eigenvalue weighted by atomic mass is 9.96. The minimum atomic E-state index is -1.01. The Morgan fingerprint density at radius 1 is 0.932 bits per heavy atom. The SMILES string of the molecule is CC[C@H](C)C1NC(=O)c2ccc(cc2)CN(C(C)=O)CCCCNC(=O)[C@@H](C)NC(=O)[C@H](Cc2ccc(OC)cc2)NC1=O. The van der Waals surface area contributed by atoms with Crippen LogP contribution in [0, 0.1) is 5.92 Å². The molecule has 11 nitrogen and oxygen atoms in total. The van der Waals surface area contributed by atoms with E-state index in [1.54, 1.807) is 67.5 Å². The van der Waals surface area contributed by atoms with Crippen molar-refractivity contribution in [1.82, 2.24) is 26.2 Å². The number of hydrogen-bond donors (Lipinski definition) is 4. The minimum absolute atomic E-state index is 0.0721. The van der Waals surface area contributed by atoms with Crippen LogP contribution in [-0.2, 0) is 32.1 Å². The highest BCUT2D eigenvalue weighted by Gasteiger charge is 2.31. The number of carbonyl (C=O) groups is 5. The molecule has 238 valence electrons. The highest BCUT2D eigenvalue weighted by molar-refractivity contribution is 5.99. The molecule has 1 unspecified atom stereocenters. The summed E-state index contributed by atoms with van der Waals surface area (Å²) < 4.78 is 5.23. The first kappa shape index (κ1) is 34.1. The first-order valence-corrected chi connectivity index (χ1v) is 15.2. The fraction of sp³-hybridized carbons (Fsp3) is 0.485. The topological polar surface area (TPSA) is 146 Å². The van der Waals surface area contributed by atoms with Crippen LogP contribution in [0.4, 0.5) is 0 Å². The van der Waals surface area contributed by atoms with Gasteiger partial charge in [0.05, 0.1) is 7.11 Å². The lowest BCUT2D eigenvalue weighted by Gasteiger charge is -2.27. The summed E-state index contributed by atoms with van der Waals surface area (Å²) in [4.78, 5) is 67.2. The maximum Gasteiger partial charge on any atom is 0.251 e. The van der Waals surface area contributed by atoms with Crippen LogP contribution in [0.3, 0.4) is 0 Å². The van der Waals surface area contributed by atoms with Gasteiger partial charge in [0.25, 0.3) is 5.91 Å². The highest BCUT2D eigenvalue weighted by atomic mass is 16.5. The molecule has 2 aromatic carbocycles. The van der Waals surface area contributed by atoms with Crippen molar-refractivity contribution >= 4 is 29.5 Å². The van der Waals surface area contributed by atoms with Gasteiger partial charge in [-0.2, -0.15) is 0 Å². The third kappa shape index (κ3) is 9.82. The fourth-order valence-corrected chi connectivity index (χ4v) is 4.90. The molecule has 0 aliphatic carbocycles. The molecule has 11 heteroatoms. The van der Waals surface area contributed by atoms with E-state index in [4.69, 9.17) is 4.74 Å². The number of methoxy groups -OCH3 is 1. The molecule has 0 aromatic heterocycles. The monoisotopic (exact) mass is 607 g/mol. The van der Waals surface area contributed by atoms with Gasteiger partial charge in [0.1, 0.15) is 23.9 Å². The molecule has 2 aliphatic heterocycles. The van der Waals surface area contributed by atoms with Crippen molar-refractivity contribution in [2.24, 2.45) is 5.92 Å². The Bertz CT molecular complexity index is 1300. The van der Waals surface area contributed by atoms with Gasteiger partial charge in [0.2, 0.25) is 23.6 Å². The van der Waals surface area contributed by atoms with Gasteiger partial charge in [0, 0.05) is 38.5 Å². The number of ether oxygens (including phenoxy) is 1. The summed E-state index contributed by atoms with van der Waals surface area (Å²) in [5, 5.41) is 11.3. The lowest BCUT2D eigenvalue weighted by Crippen LogP contribution is -2.58. The molecule has 2 aliphatic rings. The van der Waals surface area contributed by atoms with Crippen molar-refractivity contribution in [2.75, 3.05) is 20.2 Å². The van der Waals surface area contributed by atoms with Gasteiger partial charge in [-0.05, 0) is 61.1 Å². The highest BCUT2D eigenvalue weighted by Crippen LogP contribution is 2.15. The fourth-order valence-electron chi connectivity index (χ4n) is 4.90. The van der Waals surface area contributed by atoms with E-state index in [2.05, 4.69) is 21.3 Å². The summed E-state index contributed by atoms with van der Waals surface area (Å²) in [7, 11) is 1.56. The van der Waals surface area contributed by atoms with Gasteiger partial charge in [-0.1, -0.05) is 44.5 Å². The van der Waals surface area contributed by atoms with Crippen LogP contribution in [0.2, 0.25) is 0 Å². The number of hydrogen-bond acceptors (Lipinski definition) is 6. The van der Waals surface area contributed by atoms with Crippen molar-refractivity contribution in [3.05, 3.63) is 65.2 Å². The molecule has 4 rings (SSSR count). The number of nitrogens with one attached hydrogen (secondary N) is 4. The van der Waals surface area contributed by atoms with Crippen LogP contribution in [0.1, 0.15) is 68.4 Å². The third-order valence-corrected chi connectivity index (χ3v) is 7.95. The predicted molar refractivity (Wildman–Crippen MR) is 167 cm³/mol. The number of nitrogens with zero attached hydrogens (tertiary/aromatic N) is 1.